The van der Waals surface area contributed by atoms with Gasteiger partial charge in [-0.25, -0.2) is 0 Å². The molecule has 7 nitrogen and oxygen atoms in total. The van der Waals surface area contributed by atoms with E-state index in [-0.39, 0.29) is 23.6 Å². The smallest absolute Gasteiger partial charge is 0.260 e. The molecule has 2 aromatic rings. The van der Waals surface area contributed by atoms with Crippen LogP contribution in [0.1, 0.15) is 82.5 Å². The molecule has 2 N–H and O–H groups in total. The molecular formula is C23H32N4O3. The Morgan fingerprint density at radius 2 is 1.97 bits per heavy atom. The van der Waals surface area contributed by atoms with Crippen LogP contribution in [0.4, 0.5) is 5.82 Å². The number of aliphatic hydroxyl groups is 1. The second kappa shape index (κ2) is 8.88. The molecule has 0 bridgehead atoms. The molecule has 0 saturated carbocycles. The van der Waals surface area contributed by atoms with Gasteiger partial charge in [0.25, 0.3) is 5.91 Å². The van der Waals surface area contributed by atoms with E-state index in [1.165, 1.54) is 6.07 Å². The molecule has 30 heavy (non-hydrogen) atoms. The molecule has 0 saturated heterocycles. The molecule has 0 aliphatic carbocycles. The van der Waals surface area contributed by atoms with Crippen LogP contribution in [0.2, 0.25) is 0 Å². The van der Waals surface area contributed by atoms with E-state index >= 15 is 0 Å². The fourth-order valence-electron chi connectivity index (χ4n) is 2.87. The molecule has 162 valence electrons. The van der Waals surface area contributed by atoms with Gasteiger partial charge in [0.15, 0.2) is 5.82 Å². The van der Waals surface area contributed by atoms with Crippen LogP contribution >= 0.6 is 0 Å². The summed E-state index contributed by atoms with van der Waals surface area (Å²) in [6, 6.07) is 8.73. The number of nitrogens with zero attached hydrogens (tertiary/aromatic N) is 3. The zero-order chi connectivity index (χ0) is 22.7. The van der Waals surface area contributed by atoms with Crippen molar-refractivity contribution < 1.29 is 14.6 Å². The molecule has 1 amide bonds. The zero-order valence-corrected chi connectivity index (χ0v) is 18.9. The van der Waals surface area contributed by atoms with Crippen LogP contribution in [0.5, 0.6) is 5.75 Å². The highest BCUT2D eigenvalue weighted by Gasteiger charge is 2.25. The third kappa shape index (κ3) is 5.83. The molecule has 1 unspecified atom stereocenters. The molecule has 0 aliphatic heterocycles. The van der Waals surface area contributed by atoms with E-state index < -0.39 is 11.5 Å². The molecule has 1 heterocycles. The predicted molar refractivity (Wildman–Crippen MR) is 117 cm³/mol. The van der Waals surface area contributed by atoms with Gasteiger partial charge in [-0.1, -0.05) is 27.7 Å². The number of carbonyl (C=O) groups excluding carboxylic acids is 1. The first kappa shape index (κ1) is 23.4. The molecule has 0 radical (unpaired) electrons. The van der Waals surface area contributed by atoms with E-state index in [4.69, 9.17) is 4.74 Å². The first-order chi connectivity index (χ1) is 13.9. The molecule has 7 heteroatoms. The lowest BCUT2D eigenvalue weighted by atomic mass is 9.91. The van der Waals surface area contributed by atoms with Crippen LogP contribution in [-0.4, -0.2) is 33.0 Å². The van der Waals surface area contributed by atoms with Gasteiger partial charge in [0.1, 0.15) is 12.4 Å². The maximum Gasteiger partial charge on any atom is 0.260 e. The van der Waals surface area contributed by atoms with E-state index in [0.29, 0.717) is 17.1 Å². The molecule has 2 rings (SSSR count). The summed E-state index contributed by atoms with van der Waals surface area (Å²) in [7, 11) is 0. The minimum atomic E-state index is -1.06. The summed E-state index contributed by atoms with van der Waals surface area (Å²) in [5.41, 5.74) is 0.390. The number of nitrogens with one attached hydrogen (secondary N) is 1. The van der Waals surface area contributed by atoms with Crippen molar-refractivity contribution in [3.63, 3.8) is 0 Å². The quantitative estimate of drug-likeness (QED) is 0.701. The highest BCUT2D eigenvalue weighted by molar-refractivity contribution is 6.06. The number of hydrogen-bond acceptors (Lipinski definition) is 5. The summed E-state index contributed by atoms with van der Waals surface area (Å²) in [6.07, 6.45) is 0.914. The summed E-state index contributed by atoms with van der Waals surface area (Å²) in [4.78, 5) is 13.0. The summed E-state index contributed by atoms with van der Waals surface area (Å²) in [5, 5.41) is 26.6. The second-order valence-electron chi connectivity index (χ2n) is 9.24. The van der Waals surface area contributed by atoms with Gasteiger partial charge < -0.3 is 15.2 Å². The van der Waals surface area contributed by atoms with Crippen molar-refractivity contribution in [2.75, 3.05) is 11.9 Å². The third-order valence-electron chi connectivity index (χ3n) is 4.69. The van der Waals surface area contributed by atoms with Crippen molar-refractivity contribution in [3.8, 4) is 11.8 Å². The van der Waals surface area contributed by atoms with Crippen molar-refractivity contribution in [1.82, 2.24) is 9.78 Å². The standard InChI is InChI=1S/C23H32N4O3/c1-8-15(2)27-19(22(3,4)5)12-20(26-27)25-21(28)17-11-16(13-24)9-10-18(17)30-14-23(6,7)29/h9-12,15,29H,8,14H2,1-7H3,(H,25,26,28). The minimum Gasteiger partial charge on any atom is -0.490 e. The van der Waals surface area contributed by atoms with E-state index in [9.17, 15) is 15.2 Å². The predicted octanol–water partition coefficient (Wildman–Crippen LogP) is 4.43. The largest absolute Gasteiger partial charge is 0.490 e. The first-order valence-electron chi connectivity index (χ1n) is 10.2. The maximum atomic E-state index is 13.0. The number of hydrogen-bond donors (Lipinski definition) is 2. The lowest BCUT2D eigenvalue weighted by Gasteiger charge is -2.23. The van der Waals surface area contributed by atoms with E-state index in [2.05, 4.69) is 45.0 Å². The Bertz CT molecular complexity index is 943. The van der Waals surface area contributed by atoms with Crippen LogP contribution < -0.4 is 10.1 Å². The van der Waals surface area contributed by atoms with Crippen molar-refractivity contribution in [3.05, 3.63) is 41.1 Å². The summed E-state index contributed by atoms with van der Waals surface area (Å²) >= 11 is 0. The van der Waals surface area contributed by atoms with Crippen LogP contribution in [0.3, 0.4) is 0 Å². The topological polar surface area (TPSA) is 100 Å². The Kier molecular flexibility index (Phi) is 6.94. The van der Waals surface area contributed by atoms with Gasteiger partial charge in [0, 0.05) is 23.2 Å². The van der Waals surface area contributed by atoms with Crippen molar-refractivity contribution in [1.29, 1.82) is 5.26 Å². The van der Waals surface area contributed by atoms with E-state index in [1.54, 1.807) is 26.0 Å². The number of benzene rings is 1. The number of anilines is 1. The Labute approximate surface area is 178 Å². The summed E-state index contributed by atoms with van der Waals surface area (Å²) in [5.74, 6) is 0.319. The number of amides is 1. The van der Waals surface area contributed by atoms with E-state index in [0.717, 1.165) is 12.1 Å². The molecule has 0 spiro atoms. The fourth-order valence-corrected chi connectivity index (χ4v) is 2.87. The normalized spacial score (nSPS) is 12.9. The molecule has 0 fully saturated rings. The number of carbonyl (C=O) groups is 1. The van der Waals surface area contributed by atoms with Crippen molar-refractivity contribution >= 4 is 11.7 Å². The Hall–Kier alpha value is -2.85. The van der Waals surface area contributed by atoms with Crippen molar-refractivity contribution in [2.45, 2.75) is 71.9 Å². The summed E-state index contributed by atoms with van der Waals surface area (Å²) in [6.45, 7) is 13.7. The molecule has 1 atom stereocenters. The monoisotopic (exact) mass is 412 g/mol. The Balaban J connectivity index is 2.38. The molecule has 1 aromatic heterocycles. The lowest BCUT2D eigenvalue weighted by Crippen LogP contribution is -2.28. The zero-order valence-electron chi connectivity index (χ0n) is 18.9. The van der Waals surface area contributed by atoms with Crippen LogP contribution in [0, 0.1) is 11.3 Å². The lowest BCUT2D eigenvalue weighted by molar-refractivity contribution is 0.0281. The van der Waals surface area contributed by atoms with Crippen LogP contribution in [-0.2, 0) is 5.41 Å². The van der Waals surface area contributed by atoms with E-state index in [1.807, 2.05) is 16.8 Å². The second-order valence-corrected chi connectivity index (χ2v) is 9.24. The van der Waals surface area contributed by atoms with Gasteiger partial charge >= 0.3 is 0 Å². The summed E-state index contributed by atoms with van der Waals surface area (Å²) < 4.78 is 7.60. The highest BCUT2D eigenvalue weighted by Crippen LogP contribution is 2.29. The minimum absolute atomic E-state index is 0.00991. The Morgan fingerprint density at radius 3 is 2.50 bits per heavy atom. The highest BCUT2D eigenvalue weighted by atomic mass is 16.5. The van der Waals surface area contributed by atoms with Crippen LogP contribution in [0.15, 0.2) is 24.3 Å². The third-order valence-corrected chi connectivity index (χ3v) is 4.69. The van der Waals surface area contributed by atoms with Gasteiger partial charge in [-0.15, -0.1) is 0 Å². The van der Waals surface area contributed by atoms with Gasteiger partial charge in [-0.3, -0.25) is 9.48 Å². The average Bonchev–Trinajstić information content (AvgIpc) is 3.09. The SMILES string of the molecule is CCC(C)n1nc(NC(=O)c2cc(C#N)ccc2OCC(C)(C)O)cc1C(C)(C)C. The number of rotatable bonds is 7. The van der Waals surface area contributed by atoms with Gasteiger partial charge in [0.05, 0.1) is 22.8 Å². The number of ether oxygens (including phenoxy) is 1. The number of aromatic nitrogens is 2. The maximum absolute atomic E-state index is 13.0. The van der Waals surface area contributed by atoms with Gasteiger partial charge in [-0.2, -0.15) is 10.4 Å². The number of nitriles is 1. The molecular weight excluding hydrogens is 380 g/mol. The fraction of sp³-hybridized carbons (Fsp3) is 0.522. The van der Waals surface area contributed by atoms with Gasteiger partial charge in [0.2, 0.25) is 0 Å². The van der Waals surface area contributed by atoms with Gasteiger partial charge in [-0.05, 0) is 45.4 Å². The first-order valence-corrected chi connectivity index (χ1v) is 10.2. The molecule has 1 aromatic carbocycles. The average molecular weight is 413 g/mol. The van der Waals surface area contributed by atoms with Crippen LogP contribution in [0.25, 0.3) is 0 Å². The molecule has 0 aliphatic rings. The van der Waals surface area contributed by atoms with Crippen molar-refractivity contribution in [2.24, 2.45) is 0 Å². The Morgan fingerprint density at radius 1 is 1.30 bits per heavy atom.